The molecule has 5 nitrogen and oxygen atoms in total. The molecule has 0 amide bonds. The molecule has 4 aromatic rings. The van der Waals surface area contributed by atoms with Crippen LogP contribution in [0.5, 0.6) is 5.75 Å². The van der Waals surface area contributed by atoms with E-state index in [1.807, 2.05) is 68.4 Å². The molecule has 0 saturated heterocycles. The molecule has 0 saturated carbocycles. The Kier molecular flexibility index (Phi) is 4.74. The number of fused-ring (bicyclic) bond motifs is 1. The van der Waals surface area contributed by atoms with Crippen molar-refractivity contribution in [2.75, 3.05) is 7.11 Å². The van der Waals surface area contributed by atoms with Gasteiger partial charge in [-0.1, -0.05) is 42.5 Å². The lowest BCUT2D eigenvalue weighted by atomic mass is 10.0. The number of para-hydroxylation sites is 2. The Morgan fingerprint density at radius 2 is 1.75 bits per heavy atom. The number of benzene rings is 2. The van der Waals surface area contributed by atoms with Gasteiger partial charge in [0.05, 0.1) is 20.1 Å². The van der Waals surface area contributed by atoms with E-state index in [1.165, 1.54) is 7.11 Å². The van der Waals surface area contributed by atoms with Gasteiger partial charge in [-0.3, -0.25) is 4.79 Å². The van der Waals surface area contributed by atoms with Crippen LogP contribution in [0.3, 0.4) is 0 Å². The summed E-state index contributed by atoms with van der Waals surface area (Å²) >= 11 is 0. The molecule has 0 N–H and O–H groups in total. The first-order chi connectivity index (χ1) is 13.6. The maximum absolute atomic E-state index is 13.1. The van der Waals surface area contributed by atoms with E-state index in [9.17, 15) is 4.79 Å². The Hall–Kier alpha value is -3.34. The molecule has 2 aromatic carbocycles. The van der Waals surface area contributed by atoms with Crippen LogP contribution < -0.4 is 10.3 Å². The molecule has 0 bridgehead atoms. The highest BCUT2D eigenvalue weighted by Gasteiger charge is 2.20. The van der Waals surface area contributed by atoms with Crippen LogP contribution in [-0.2, 0) is 13.0 Å². The zero-order valence-corrected chi connectivity index (χ0v) is 16.2. The highest BCUT2D eigenvalue weighted by molar-refractivity contribution is 5.72. The second-order valence-corrected chi connectivity index (χ2v) is 6.85. The average Bonchev–Trinajstić information content (AvgIpc) is 3.13. The molecule has 4 rings (SSSR count). The molecule has 0 unspecified atom stereocenters. The van der Waals surface area contributed by atoms with Gasteiger partial charge in [-0.2, -0.15) is 0 Å². The topological polar surface area (TPSA) is 57.3 Å². The number of pyridine rings is 1. The van der Waals surface area contributed by atoms with E-state index in [0.29, 0.717) is 24.6 Å². The summed E-state index contributed by atoms with van der Waals surface area (Å²) in [5.74, 6) is 0.920. The minimum absolute atomic E-state index is 0.138. The molecule has 0 fully saturated rings. The maximum Gasteiger partial charge on any atom is 0.293 e. The Bertz CT molecular complexity index is 1160. The third kappa shape index (κ3) is 3.20. The quantitative estimate of drug-likeness (QED) is 0.524. The van der Waals surface area contributed by atoms with Crippen LogP contribution in [0.4, 0.5) is 0 Å². The number of nitrogens with zero attached hydrogens (tertiary/aromatic N) is 2. The third-order valence-corrected chi connectivity index (χ3v) is 5.17. The van der Waals surface area contributed by atoms with E-state index >= 15 is 0 Å². The van der Waals surface area contributed by atoms with Gasteiger partial charge in [-0.25, -0.2) is 4.98 Å². The Morgan fingerprint density at radius 1 is 1.04 bits per heavy atom. The van der Waals surface area contributed by atoms with Crippen LogP contribution in [0.2, 0.25) is 0 Å². The van der Waals surface area contributed by atoms with E-state index in [2.05, 4.69) is 4.98 Å². The molecule has 5 heteroatoms. The highest BCUT2D eigenvalue weighted by atomic mass is 16.5. The third-order valence-electron chi connectivity index (χ3n) is 5.17. The summed E-state index contributed by atoms with van der Waals surface area (Å²) in [5, 5.41) is 0. The molecule has 0 atom stereocenters. The van der Waals surface area contributed by atoms with E-state index in [0.717, 1.165) is 33.5 Å². The first-order valence-electron chi connectivity index (χ1n) is 9.23. The largest absolute Gasteiger partial charge is 0.491 e. The lowest BCUT2D eigenvalue weighted by molar-refractivity contribution is 0.395. The van der Waals surface area contributed by atoms with Crippen LogP contribution in [-0.4, -0.2) is 16.7 Å². The van der Waals surface area contributed by atoms with Crippen molar-refractivity contribution in [1.82, 2.24) is 9.55 Å². The second kappa shape index (κ2) is 7.35. The number of hydrogen-bond acceptors (Lipinski definition) is 4. The van der Waals surface area contributed by atoms with Crippen LogP contribution in [0, 0.1) is 13.8 Å². The van der Waals surface area contributed by atoms with E-state index in [1.54, 1.807) is 4.57 Å². The summed E-state index contributed by atoms with van der Waals surface area (Å²) < 4.78 is 13.2. The Labute approximate surface area is 163 Å². The Balaban J connectivity index is 1.78. The average molecular weight is 374 g/mol. The molecule has 142 valence electrons. The van der Waals surface area contributed by atoms with Crippen molar-refractivity contribution < 1.29 is 9.15 Å². The monoisotopic (exact) mass is 374 g/mol. The first kappa shape index (κ1) is 18.0. The van der Waals surface area contributed by atoms with Crippen molar-refractivity contribution in [1.29, 1.82) is 0 Å². The number of hydrogen-bond donors (Lipinski definition) is 0. The predicted octanol–water partition coefficient (Wildman–Crippen LogP) is 4.25. The zero-order chi connectivity index (χ0) is 19.7. The fourth-order valence-electron chi connectivity index (χ4n) is 3.52. The summed E-state index contributed by atoms with van der Waals surface area (Å²) in [6.45, 7) is 4.48. The van der Waals surface area contributed by atoms with E-state index < -0.39 is 0 Å². The number of aromatic nitrogens is 2. The molecular formula is C23H22N2O3. The number of methoxy groups -OCH3 is 1. The minimum Gasteiger partial charge on any atom is -0.491 e. The smallest absolute Gasteiger partial charge is 0.293 e. The minimum atomic E-state index is -0.138. The summed E-state index contributed by atoms with van der Waals surface area (Å²) in [7, 11) is 1.54. The van der Waals surface area contributed by atoms with Crippen molar-refractivity contribution in [2.45, 2.75) is 26.8 Å². The maximum atomic E-state index is 13.1. The molecular weight excluding hydrogens is 352 g/mol. The first-order valence-corrected chi connectivity index (χ1v) is 9.23. The van der Waals surface area contributed by atoms with Crippen molar-refractivity contribution in [2.24, 2.45) is 0 Å². The van der Waals surface area contributed by atoms with Crippen LogP contribution >= 0.6 is 0 Å². The second-order valence-electron chi connectivity index (χ2n) is 6.85. The van der Waals surface area contributed by atoms with Gasteiger partial charge >= 0.3 is 0 Å². The zero-order valence-electron chi connectivity index (χ0n) is 16.2. The number of oxazole rings is 1. The van der Waals surface area contributed by atoms with Gasteiger partial charge in [-0.15, -0.1) is 0 Å². The molecule has 2 aromatic heterocycles. The molecule has 28 heavy (non-hydrogen) atoms. The Morgan fingerprint density at radius 3 is 2.46 bits per heavy atom. The van der Waals surface area contributed by atoms with Gasteiger partial charge in [0.15, 0.2) is 17.2 Å². The van der Waals surface area contributed by atoms with Crippen molar-refractivity contribution >= 4 is 11.1 Å². The van der Waals surface area contributed by atoms with Gasteiger partial charge in [0.1, 0.15) is 5.52 Å². The lowest BCUT2D eigenvalue weighted by Crippen LogP contribution is -2.27. The van der Waals surface area contributed by atoms with Crippen LogP contribution in [0.1, 0.15) is 28.3 Å². The van der Waals surface area contributed by atoms with Gasteiger partial charge in [0.2, 0.25) is 0 Å². The van der Waals surface area contributed by atoms with Gasteiger partial charge in [-0.05, 0) is 37.1 Å². The van der Waals surface area contributed by atoms with Gasteiger partial charge in [0.25, 0.3) is 5.56 Å². The fraction of sp³-hybridized carbons (Fsp3) is 0.217. The predicted molar refractivity (Wildman–Crippen MR) is 109 cm³/mol. The lowest BCUT2D eigenvalue weighted by Gasteiger charge is -2.18. The number of rotatable bonds is 5. The summed E-state index contributed by atoms with van der Waals surface area (Å²) in [6.07, 6.45) is 0.409. The van der Waals surface area contributed by atoms with E-state index in [-0.39, 0.29) is 5.56 Å². The molecule has 2 heterocycles. The molecule has 0 spiro atoms. The van der Waals surface area contributed by atoms with Crippen LogP contribution in [0.25, 0.3) is 11.1 Å². The molecule has 0 aliphatic carbocycles. The standard InChI is InChI=1S/C23H22N2O3/c1-15-16(2)25(14-17-9-5-4-6-10-17)23(26)22(27-3)18(15)13-21-24-19-11-7-8-12-20(19)28-21/h4-12H,13-14H2,1-3H3. The molecule has 0 radical (unpaired) electrons. The fourth-order valence-corrected chi connectivity index (χ4v) is 3.52. The van der Waals surface area contributed by atoms with Gasteiger partial charge in [0, 0.05) is 11.3 Å². The normalized spacial score (nSPS) is 11.1. The highest BCUT2D eigenvalue weighted by Crippen LogP contribution is 2.26. The van der Waals surface area contributed by atoms with Crippen molar-refractivity contribution in [3.8, 4) is 5.75 Å². The SMILES string of the molecule is COc1c(Cc2nc3ccccc3o2)c(C)c(C)n(Cc2ccccc2)c1=O. The van der Waals surface area contributed by atoms with Crippen LogP contribution in [0.15, 0.2) is 63.8 Å². The molecule has 0 aliphatic heterocycles. The summed E-state index contributed by atoms with van der Waals surface area (Å²) in [5.41, 5.74) is 5.23. The summed E-state index contributed by atoms with van der Waals surface area (Å²) in [6, 6.07) is 17.6. The van der Waals surface area contributed by atoms with Gasteiger partial charge < -0.3 is 13.7 Å². The molecule has 0 aliphatic rings. The number of ether oxygens (including phenoxy) is 1. The van der Waals surface area contributed by atoms with Crippen molar-refractivity contribution in [3.63, 3.8) is 0 Å². The van der Waals surface area contributed by atoms with Crippen molar-refractivity contribution in [3.05, 3.63) is 93.2 Å². The van der Waals surface area contributed by atoms with E-state index in [4.69, 9.17) is 9.15 Å². The summed E-state index contributed by atoms with van der Waals surface area (Å²) in [4.78, 5) is 17.7.